The van der Waals surface area contributed by atoms with Crippen LogP contribution in [0.1, 0.15) is 16.9 Å². The topological polar surface area (TPSA) is 58.7 Å². The molecule has 2 aromatic carbocycles. The molecule has 0 aliphatic carbocycles. The van der Waals surface area contributed by atoms with Crippen LogP contribution in [0.3, 0.4) is 0 Å². The number of carbonyl (C=O) groups is 1. The number of aliphatic imine (C=N–C) groups is 1. The van der Waals surface area contributed by atoms with Crippen LogP contribution >= 0.6 is 46.7 Å². The predicted molar refractivity (Wildman–Crippen MR) is 150 cm³/mol. The van der Waals surface area contributed by atoms with Gasteiger partial charge in [-0.1, -0.05) is 41.4 Å². The van der Waals surface area contributed by atoms with Gasteiger partial charge < -0.3 is 4.42 Å². The van der Waals surface area contributed by atoms with Gasteiger partial charge in [-0.15, -0.1) is 0 Å². The number of rotatable bonds is 5. The highest BCUT2D eigenvalue weighted by atomic mass is 35.5. The van der Waals surface area contributed by atoms with Crippen molar-refractivity contribution in [1.82, 2.24) is 4.98 Å². The Labute approximate surface area is 227 Å². The Kier molecular flexibility index (Phi) is 7.25. The lowest BCUT2D eigenvalue weighted by Crippen LogP contribution is -2.28. The van der Waals surface area contributed by atoms with E-state index >= 15 is 0 Å². The number of nitrogens with zero attached hydrogens (tertiary/aromatic N) is 3. The van der Waals surface area contributed by atoms with E-state index in [1.54, 1.807) is 29.3 Å². The lowest BCUT2D eigenvalue weighted by Gasteiger charge is -2.16. The van der Waals surface area contributed by atoms with Gasteiger partial charge in [0.2, 0.25) is 0 Å². The number of amidine groups is 1. The summed E-state index contributed by atoms with van der Waals surface area (Å²) in [6.07, 6.45) is 3.46. The molecule has 1 amide bonds. The number of hydrogen-bond donors (Lipinski definition) is 0. The van der Waals surface area contributed by atoms with Crippen molar-refractivity contribution < 1.29 is 9.21 Å². The van der Waals surface area contributed by atoms with Crippen LogP contribution in [0.5, 0.6) is 0 Å². The number of thioether (sulfide) groups is 1. The lowest BCUT2D eigenvalue weighted by molar-refractivity contribution is -0.113. The Bertz CT molecular complexity index is 1520. The first-order valence-corrected chi connectivity index (χ1v) is 13.3. The first-order valence-electron chi connectivity index (χ1n) is 10.9. The average Bonchev–Trinajstić information content (AvgIpc) is 3.42. The molecule has 0 unspecified atom stereocenters. The number of anilines is 1. The SMILES string of the molecule is Cc1ccc(N=C2S/C(=C\c3ccc(Sc4ccccn4)o3)C(=O)N2c2ccc(C)c(Cl)c2)cc1Cl. The fraction of sp³-hybridized carbons (Fsp3) is 0.0741. The molecule has 0 saturated carbocycles. The van der Waals surface area contributed by atoms with Crippen molar-refractivity contribution in [3.63, 3.8) is 0 Å². The Morgan fingerprint density at radius 1 is 1.00 bits per heavy atom. The Hall–Kier alpha value is -2.97. The number of pyridine rings is 1. The summed E-state index contributed by atoms with van der Waals surface area (Å²) in [5, 5.41) is 3.19. The highest BCUT2D eigenvalue weighted by Crippen LogP contribution is 2.39. The fourth-order valence-corrected chi connectivity index (χ4v) is 5.44. The van der Waals surface area contributed by atoms with Crippen molar-refractivity contribution in [3.05, 3.63) is 105 Å². The summed E-state index contributed by atoms with van der Waals surface area (Å²) in [7, 11) is 0. The van der Waals surface area contributed by atoms with Crippen molar-refractivity contribution in [3.8, 4) is 0 Å². The third kappa shape index (κ3) is 5.39. The highest BCUT2D eigenvalue weighted by molar-refractivity contribution is 8.19. The summed E-state index contributed by atoms with van der Waals surface area (Å²) in [6.45, 7) is 3.84. The lowest BCUT2D eigenvalue weighted by atomic mass is 10.2. The summed E-state index contributed by atoms with van der Waals surface area (Å²) >= 11 is 15.4. The number of aryl methyl sites for hydroxylation is 2. The summed E-state index contributed by atoms with van der Waals surface area (Å²) in [6, 6.07) is 20.4. The number of furan rings is 1. The Balaban J connectivity index is 1.49. The minimum absolute atomic E-state index is 0.216. The number of carbonyl (C=O) groups excluding carboxylic acids is 1. The van der Waals surface area contributed by atoms with Gasteiger partial charge in [-0.3, -0.25) is 9.69 Å². The molecule has 5 rings (SSSR count). The maximum Gasteiger partial charge on any atom is 0.271 e. The number of aromatic nitrogens is 1. The third-order valence-corrected chi connectivity index (χ3v) is 7.97. The highest BCUT2D eigenvalue weighted by Gasteiger charge is 2.35. The van der Waals surface area contributed by atoms with Gasteiger partial charge in [-0.2, -0.15) is 0 Å². The van der Waals surface area contributed by atoms with E-state index < -0.39 is 0 Å². The van der Waals surface area contributed by atoms with Crippen LogP contribution in [0, 0.1) is 13.8 Å². The smallest absolute Gasteiger partial charge is 0.271 e. The Morgan fingerprint density at radius 3 is 2.50 bits per heavy atom. The Morgan fingerprint density at radius 2 is 1.78 bits per heavy atom. The molecule has 4 aromatic rings. The van der Waals surface area contributed by atoms with Gasteiger partial charge in [-0.05, 0) is 97.0 Å². The summed E-state index contributed by atoms with van der Waals surface area (Å²) < 4.78 is 5.94. The third-order valence-electron chi connectivity index (χ3n) is 5.32. The molecule has 1 fully saturated rings. The molecule has 0 spiro atoms. The monoisotopic (exact) mass is 551 g/mol. The normalized spacial score (nSPS) is 15.9. The molecule has 0 N–H and O–H groups in total. The first-order chi connectivity index (χ1) is 17.4. The van der Waals surface area contributed by atoms with E-state index in [0.29, 0.717) is 42.3 Å². The van der Waals surface area contributed by atoms with E-state index in [4.69, 9.17) is 32.6 Å². The molecule has 9 heteroatoms. The molecule has 2 aromatic heterocycles. The van der Waals surface area contributed by atoms with Crippen LogP contribution in [0.25, 0.3) is 6.08 Å². The molecular formula is C27H19Cl2N3O2S2. The molecule has 1 saturated heterocycles. The molecule has 36 heavy (non-hydrogen) atoms. The van der Waals surface area contributed by atoms with Crippen molar-refractivity contribution in [2.24, 2.45) is 4.99 Å². The molecule has 1 aliphatic heterocycles. The van der Waals surface area contributed by atoms with E-state index in [0.717, 1.165) is 16.2 Å². The number of amides is 1. The van der Waals surface area contributed by atoms with E-state index in [2.05, 4.69) is 4.98 Å². The second-order valence-corrected chi connectivity index (χ2v) is 10.8. The summed E-state index contributed by atoms with van der Waals surface area (Å²) in [5.41, 5.74) is 3.16. The molecular weight excluding hydrogens is 533 g/mol. The van der Waals surface area contributed by atoms with E-state index in [1.165, 1.54) is 23.5 Å². The molecule has 180 valence electrons. The maximum absolute atomic E-state index is 13.6. The largest absolute Gasteiger partial charge is 0.450 e. The van der Waals surface area contributed by atoms with Crippen LogP contribution in [0.15, 0.2) is 97.4 Å². The van der Waals surface area contributed by atoms with Crippen molar-refractivity contribution in [2.75, 3.05) is 4.90 Å². The van der Waals surface area contributed by atoms with Crippen molar-refractivity contribution in [1.29, 1.82) is 0 Å². The van der Waals surface area contributed by atoms with Gasteiger partial charge in [0.05, 0.1) is 16.3 Å². The zero-order valence-electron chi connectivity index (χ0n) is 19.2. The minimum atomic E-state index is -0.216. The standard InChI is InChI=1S/C27H19Cl2N3O2S2/c1-16-6-8-18(13-21(16)28)31-27-32(19-9-7-17(2)22(29)14-19)26(33)23(35-27)15-20-10-11-25(34-20)36-24-5-3-4-12-30-24/h3-15H,1-2H3/b23-15-,31-27?. The average molecular weight is 553 g/mol. The van der Waals surface area contributed by atoms with Gasteiger partial charge in [-0.25, -0.2) is 9.98 Å². The van der Waals surface area contributed by atoms with E-state index in [-0.39, 0.29) is 5.91 Å². The van der Waals surface area contributed by atoms with Crippen LogP contribution in [-0.4, -0.2) is 16.1 Å². The molecule has 5 nitrogen and oxygen atoms in total. The number of benzene rings is 2. The van der Waals surface area contributed by atoms with Gasteiger partial charge in [0, 0.05) is 22.3 Å². The van der Waals surface area contributed by atoms with Gasteiger partial charge in [0.15, 0.2) is 10.3 Å². The molecule has 0 radical (unpaired) electrons. The zero-order chi connectivity index (χ0) is 25.2. The van der Waals surface area contributed by atoms with Crippen LogP contribution < -0.4 is 4.90 Å². The number of hydrogen-bond acceptors (Lipinski definition) is 6. The fourth-order valence-electron chi connectivity index (χ4n) is 3.37. The van der Waals surface area contributed by atoms with E-state index in [9.17, 15) is 4.79 Å². The van der Waals surface area contributed by atoms with Crippen molar-refractivity contribution in [2.45, 2.75) is 24.0 Å². The predicted octanol–water partition coefficient (Wildman–Crippen LogP) is 8.56. The molecule has 1 aliphatic rings. The van der Waals surface area contributed by atoms with Gasteiger partial charge in [0.25, 0.3) is 5.91 Å². The first kappa shape index (κ1) is 24.7. The minimum Gasteiger partial charge on any atom is -0.450 e. The quantitative estimate of drug-likeness (QED) is 0.232. The van der Waals surface area contributed by atoms with Crippen LogP contribution in [0.2, 0.25) is 10.0 Å². The second kappa shape index (κ2) is 10.6. The zero-order valence-corrected chi connectivity index (χ0v) is 22.4. The summed E-state index contributed by atoms with van der Waals surface area (Å²) in [4.78, 5) is 24.6. The van der Waals surface area contributed by atoms with Crippen LogP contribution in [0.4, 0.5) is 11.4 Å². The molecule has 3 heterocycles. The second-order valence-electron chi connectivity index (χ2n) is 7.94. The molecule has 0 atom stereocenters. The van der Waals surface area contributed by atoms with Crippen LogP contribution in [-0.2, 0) is 4.79 Å². The summed E-state index contributed by atoms with van der Waals surface area (Å²) in [5.74, 6) is 0.345. The van der Waals surface area contributed by atoms with Gasteiger partial charge >= 0.3 is 0 Å². The van der Waals surface area contributed by atoms with Gasteiger partial charge in [0.1, 0.15) is 10.8 Å². The van der Waals surface area contributed by atoms with Crippen molar-refractivity contribution >= 4 is 75.3 Å². The molecule has 0 bridgehead atoms. The van der Waals surface area contributed by atoms with E-state index in [1.807, 2.05) is 68.4 Å². The maximum atomic E-state index is 13.6. The number of halogens is 2.